The van der Waals surface area contributed by atoms with Gasteiger partial charge in [-0.25, -0.2) is 4.98 Å². The number of imide groups is 1. The van der Waals surface area contributed by atoms with Crippen LogP contribution in [0.15, 0.2) is 60.8 Å². The number of carboxylic acid groups (broad SMARTS) is 1. The van der Waals surface area contributed by atoms with Crippen LogP contribution in [0, 0.1) is 5.92 Å². The predicted octanol–water partition coefficient (Wildman–Crippen LogP) is 4.74. The van der Waals surface area contributed by atoms with Crippen LogP contribution >= 0.6 is 0 Å². The number of carboxylic acids is 1. The van der Waals surface area contributed by atoms with Crippen LogP contribution in [-0.4, -0.2) is 57.6 Å². The number of aryl methyl sites for hydroxylation is 1. The quantitative estimate of drug-likeness (QED) is 0.364. The maximum Gasteiger partial charge on any atom is 0.309 e. The minimum absolute atomic E-state index is 0.0303. The molecule has 0 fully saturated rings. The van der Waals surface area contributed by atoms with Crippen molar-refractivity contribution in [3.05, 3.63) is 83.0 Å². The minimum Gasteiger partial charge on any atom is -0.481 e. The molecule has 4 rings (SSSR count). The zero-order valence-corrected chi connectivity index (χ0v) is 22.7. The lowest BCUT2D eigenvalue weighted by atomic mass is 9.85. The Hall–Kier alpha value is -4.04. The summed E-state index contributed by atoms with van der Waals surface area (Å²) in [7, 11) is 1.56. The Morgan fingerprint density at radius 2 is 1.62 bits per heavy atom. The van der Waals surface area contributed by atoms with Crippen molar-refractivity contribution in [3.8, 4) is 17.0 Å². The topological polar surface area (TPSA) is 117 Å². The number of aliphatic hydroxyl groups is 1. The van der Waals surface area contributed by atoms with E-state index >= 15 is 0 Å². The summed E-state index contributed by atoms with van der Waals surface area (Å²) in [6.45, 7) is 6.01. The lowest BCUT2D eigenvalue weighted by molar-refractivity contribution is -0.146. The number of carbonyl (C=O) groups excluding carboxylic acids is 2. The molecule has 1 aliphatic rings. The van der Waals surface area contributed by atoms with Crippen LogP contribution < -0.4 is 4.74 Å². The molecule has 2 amide bonds. The van der Waals surface area contributed by atoms with E-state index in [-0.39, 0.29) is 24.8 Å². The summed E-state index contributed by atoms with van der Waals surface area (Å²) in [4.78, 5) is 43.2. The molecule has 1 aromatic heterocycles. The first-order valence-electron chi connectivity index (χ1n) is 13.0. The van der Waals surface area contributed by atoms with Gasteiger partial charge in [-0.05, 0) is 59.6 Å². The molecule has 1 aliphatic heterocycles. The largest absolute Gasteiger partial charge is 0.481 e. The van der Waals surface area contributed by atoms with Crippen LogP contribution in [-0.2, 0) is 16.6 Å². The number of aliphatic carboxylic acids is 1. The number of methoxy groups -OCH3 is 1. The van der Waals surface area contributed by atoms with Gasteiger partial charge in [-0.2, -0.15) is 0 Å². The normalized spacial score (nSPS) is 14.7. The molecule has 2 unspecified atom stereocenters. The summed E-state index contributed by atoms with van der Waals surface area (Å²) in [5, 5.41) is 20.5. The van der Waals surface area contributed by atoms with Gasteiger partial charge >= 0.3 is 5.97 Å². The van der Waals surface area contributed by atoms with E-state index in [9.17, 15) is 24.6 Å². The Balaban J connectivity index is 1.36. The van der Waals surface area contributed by atoms with Crippen molar-refractivity contribution in [2.45, 2.75) is 51.6 Å². The summed E-state index contributed by atoms with van der Waals surface area (Å²) >= 11 is 0. The third-order valence-electron chi connectivity index (χ3n) is 7.24. The van der Waals surface area contributed by atoms with Crippen LogP contribution in [0.25, 0.3) is 11.1 Å². The molecular weight excluding hydrogens is 496 g/mol. The van der Waals surface area contributed by atoms with Gasteiger partial charge in [-0.3, -0.25) is 19.3 Å². The Bertz CT molecular complexity index is 1360. The van der Waals surface area contributed by atoms with Crippen molar-refractivity contribution in [3.63, 3.8) is 0 Å². The number of ether oxygens (including phenoxy) is 1. The molecular formula is C31H34N2O6. The molecule has 8 heteroatoms. The summed E-state index contributed by atoms with van der Waals surface area (Å²) in [5.74, 6) is -2.58. The van der Waals surface area contributed by atoms with Gasteiger partial charge in [0, 0.05) is 24.4 Å². The zero-order valence-electron chi connectivity index (χ0n) is 22.7. The van der Waals surface area contributed by atoms with E-state index < -0.39 is 29.8 Å². The summed E-state index contributed by atoms with van der Waals surface area (Å²) in [5.41, 5.74) is 4.31. The molecule has 8 nitrogen and oxygen atoms in total. The first-order chi connectivity index (χ1) is 18.5. The third kappa shape index (κ3) is 6.17. The summed E-state index contributed by atoms with van der Waals surface area (Å²) < 4.78 is 5.09. The highest BCUT2D eigenvalue weighted by Gasteiger charge is 2.37. The van der Waals surface area contributed by atoms with Gasteiger partial charge in [0.05, 0.1) is 30.3 Å². The smallest absolute Gasteiger partial charge is 0.309 e. The number of amides is 2. The highest BCUT2D eigenvalue weighted by Crippen LogP contribution is 2.30. The van der Waals surface area contributed by atoms with Crippen LogP contribution in [0.4, 0.5) is 0 Å². The van der Waals surface area contributed by atoms with E-state index in [2.05, 4.69) is 4.98 Å². The van der Waals surface area contributed by atoms with Gasteiger partial charge < -0.3 is 14.9 Å². The van der Waals surface area contributed by atoms with Crippen LogP contribution in [0.5, 0.6) is 5.88 Å². The highest BCUT2D eigenvalue weighted by atomic mass is 16.5. The second-order valence-corrected chi connectivity index (χ2v) is 10.9. The number of rotatable bonds is 10. The second-order valence-electron chi connectivity index (χ2n) is 10.9. The van der Waals surface area contributed by atoms with Gasteiger partial charge in [0.2, 0.25) is 5.88 Å². The van der Waals surface area contributed by atoms with Crippen molar-refractivity contribution in [2.24, 2.45) is 5.92 Å². The molecule has 0 saturated carbocycles. The van der Waals surface area contributed by atoms with Crippen LogP contribution in [0.2, 0.25) is 0 Å². The van der Waals surface area contributed by atoms with Gasteiger partial charge in [-0.15, -0.1) is 0 Å². The SMILES string of the molecule is COc1ccc(-c2ccc(CCC(O)C(CCN3C(=O)c4ccc(C(C)(C)C)cc4C3=O)C(=O)O)cc2)cn1. The molecule has 0 spiro atoms. The molecule has 39 heavy (non-hydrogen) atoms. The van der Waals surface area contributed by atoms with Crippen molar-refractivity contribution >= 4 is 17.8 Å². The number of aliphatic hydroxyl groups excluding tert-OH is 1. The first kappa shape index (κ1) is 28.0. The van der Waals surface area contributed by atoms with E-state index in [4.69, 9.17) is 4.74 Å². The molecule has 2 N–H and O–H groups in total. The molecule has 0 aliphatic carbocycles. The maximum atomic E-state index is 13.0. The monoisotopic (exact) mass is 530 g/mol. The van der Waals surface area contributed by atoms with Crippen molar-refractivity contribution in [1.29, 1.82) is 0 Å². The number of nitrogens with zero attached hydrogens (tertiary/aromatic N) is 2. The number of aromatic nitrogens is 1. The fourth-order valence-corrected chi connectivity index (χ4v) is 4.76. The molecule has 0 bridgehead atoms. The number of benzene rings is 2. The average molecular weight is 531 g/mol. The Morgan fingerprint density at radius 3 is 2.21 bits per heavy atom. The number of hydrogen-bond acceptors (Lipinski definition) is 6. The van der Waals surface area contributed by atoms with E-state index in [1.54, 1.807) is 31.5 Å². The third-order valence-corrected chi connectivity index (χ3v) is 7.24. The number of pyridine rings is 1. The molecule has 0 radical (unpaired) electrons. The van der Waals surface area contributed by atoms with Crippen molar-refractivity contribution < 1.29 is 29.3 Å². The number of hydrogen-bond donors (Lipinski definition) is 2. The van der Waals surface area contributed by atoms with Crippen LogP contribution in [0.3, 0.4) is 0 Å². The molecule has 2 aromatic carbocycles. The lowest BCUT2D eigenvalue weighted by Crippen LogP contribution is -2.36. The fraction of sp³-hybridized carbons (Fsp3) is 0.355. The van der Waals surface area contributed by atoms with Crippen molar-refractivity contribution in [2.75, 3.05) is 13.7 Å². The molecule has 2 heterocycles. The number of carbonyl (C=O) groups is 3. The van der Waals surface area contributed by atoms with Crippen molar-refractivity contribution in [1.82, 2.24) is 9.88 Å². The highest BCUT2D eigenvalue weighted by molar-refractivity contribution is 6.21. The zero-order chi connectivity index (χ0) is 28.3. The van der Waals surface area contributed by atoms with Gasteiger partial charge in [-0.1, -0.05) is 51.1 Å². The van der Waals surface area contributed by atoms with Gasteiger partial charge in [0.25, 0.3) is 11.8 Å². The number of fused-ring (bicyclic) bond motifs is 1. The Labute approximate surface area is 228 Å². The molecule has 204 valence electrons. The second kappa shape index (κ2) is 11.4. The van der Waals surface area contributed by atoms with E-state index in [0.29, 0.717) is 23.4 Å². The average Bonchev–Trinajstić information content (AvgIpc) is 3.16. The molecule has 0 saturated heterocycles. The van der Waals surface area contributed by atoms with E-state index in [1.807, 2.05) is 57.2 Å². The lowest BCUT2D eigenvalue weighted by Gasteiger charge is -2.22. The minimum atomic E-state index is -1.16. The fourth-order valence-electron chi connectivity index (χ4n) is 4.76. The molecule has 3 aromatic rings. The Kier molecular flexibility index (Phi) is 8.16. The van der Waals surface area contributed by atoms with Gasteiger partial charge in [0.1, 0.15) is 0 Å². The first-order valence-corrected chi connectivity index (χ1v) is 13.0. The standard InChI is InChI=1S/C31H34N2O6/c1-31(2,3)22-11-12-23-25(17-22)29(36)33(28(23)35)16-15-24(30(37)38)26(34)13-7-19-5-8-20(9-6-19)21-10-14-27(39-4)32-18-21/h5-6,8-12,14,17-18,24,26,34H,7,13,15-16H2,1-4H3,(H,37,38). The summed E-state index contributed by atoms with van der Waals surface area (Å²) in [6.07, 6.45) is 1.28. The maximum absolute atomic E-state index is 13.0. The predicted molar refractivity (Wildman–Crippen MR) is 147 cm³/mol. The van der Waals surface area contributed by atoms with Crippen LogP contribution in [0.1, 0.15) is 65.5 Å². The van der Waals surface area contributed by atoms with E-state index in [1.165, 1.54) is 0 Å². The van der Waals surface area contributed by atoms with E-state index in [0.717, 1.165) is 27.2 Å². The van der Waals surface area contributed by atoms with Gasteiger partial charge in [0.15, 0.2) is 0 Å². The Morgan fingerprint density at radius 1 is 0.949 bits per heavy atom. The molecule has 2 atom stereocenters. The summed E-state index contributed by atoms with van der Waals surface area (Å²) in [6, 6.07) is 16.7.